The van der Waals surface area contributed by atoms with Gasteiger partial charge < -0.3 is 10.6 Å². The Bertz CT molecular complexity index is 1350. The molecule has 11 nitrogen and oxygen atoms in total. The van der Waals surface area contributed by atoms with Crippen LogP contribution in [-0.2, 0) is 9.59 Å². The van der Waals surface area contributed by atoms with Crippen molar-refractivity contribution in [3.05, 3.63) is 69.1 Å². The lowest BCUT2D eigenvalue weighted by molar-refractivity contribution is -0.385. The van der Waals surface area contributed by atoms with E-state index in [0.717, 1.165) is 23.0 Å². The molecular weight excluding hydrogens is 462 g/mol. The molecule has 2 aromatic carbocycles. The summed E-state index contributed by atoms with van der Waals surface area (Å²) in [6.07, 6.45) is 0. The maximum atomic E-state index is 12.8. The van der Waals surface area contributed by atoms with Crippen LogP contribution in [0.15, 0.2) is 47.8 Å². The fourth-order valence-corrected chi connectivity index (χ4v) is 4.23. The standard InChI is InChI=1S/C22H17N5O6S/c1-11(26-20(30)15-4-3-5-17(27(32)33)18(15)21(26)31)19(29)25-22-24-16(10-34-22)13-6-8-14(9-7-13)23-12(2)28/h3-11H,1-2H3,(H,23,28)(H,24,25,29). The van der Waals surface area contributed by atoms with Gasteiger partial charge in [-0.3, -0.25) is 34.2 Å². The highest BCUT2D eigenvalue weighted by atomic mass is 32.1. The number of hydrogen-bond donors (Lipinski definition) is 2. The molecule has 0 fully saturated rings. The largest absolute Gasteiger partial charge is 0.326 e. The topological polar surface area (TPSA) is 152 Å². The van der Waals surface area contributed by atoms with E-state index in [2.05, 4.69) is 15.6 Å². The minimum Gasteiger partial charge on any atom is -0.326 e. The molecular formula is C22H17N5O6S. The highest BCUT2D eigenvalue weighted by molar-refractivity contribution is 7.14. The van der Waals surface area contributed by atoms with Crippen molar-refractivity contribution in [3.63, 3.8) is 0 Å². The van der Waals surface area contributed by atoms with Gasteiger partial charge in [0.2, 0.25) is 11.8 Å². The summed E-state index contributed by atoms with van der Waals surface area (Å²) in [6, 6.07) is 9.51. The van der Waals surface area contributed by atoms with Gasteiger partial charge in [-0.05, 0) is 25.1 Å². The van der Waals surface area contributed by atoms with E-state index >= 15 is 0 Å². The molecule has 4 rings (SSSR count). The van der Waals surface area contributed by atoms with Crippen LogP contribution in [0.4, 0.5) is 16.5 Å². The number of imide groups is 1. The maximum Gasteiger partial charge on any atom is 0.282 e. The van der Waals surface area contributed by atoms with Crippen LogP contribution in [0.1, 0.15) is 34.6 Å². The second kappa shape index (κ2) is 8.83. The number of carbonyl (C=O) groups excluding carboxylic acids is 4. The number of amides is 4. The molecule has 0 radical (unpaired) electrons. The molecule has 0 bridgehead atoms. The van der Waals surface area contributed by atoms with E-state index in [1.165, 1.54) is 26.0 Å². The summed E-state index contributed by atoms with van der Waals surface area (Å²) in [5.41, 5.74) is 1.05. The van der Waals surface area contributed by atoms with Gasteiger partial charge in [-0.1, -0.05) is 18.2 Å². The zero-order valence-corrected chi connectivity index (χ0v) is 18.7. The van der Waals surface area contributed by atoms with Crippen molar-refractivity contribution >= 4 is 51.5 Å². The van der Waals surface area contributed by atoms with E-state index in [-0.39, 0.29) is 22.2 Å². The number of anilines is 2. The Morgan fingerprint density at radius 1 is 1.09 bits per heavy atom. The van der Waals surface area contributed by atoms with Crippen molar-refractivity contribution in [2.75, 3.05) is 10.6 Å². The summed E-state index contributed by atoms with van der Waals surface area (Å²) in [6.45, 7) is 2.77. The molecule has 1 aliphatic rings. The number of nitrogens with zero attached hydrogens (tertiary/aromatic N) is 3. The van der Waals surface area contributed by atoms with Crippen LogP contribution in [0.2, 0.25) is 0 Å². The molecule has 0 spiro atoms. The summed E-state index contributed by atoms with van der Waals surface area (Å²) in [7, 11) is 0. The number of fused-ring (bicyclic) bond motifs is 1. The van der Waals surface area contributed by atoms with E-state index in [1.807, 2.05) is 0 Å². The molecule has 1 aromatic heterocycles. The normalized spacial score (nSPS) is 13.4. The summed E-state index contributed by atoms with van der Waals surface area (Å²) >= 11 is 1.15. The first-order valence-electron chi connectivity index (χ1n) is 9.97. The molecule has 172 valence electrons. The highest BCUT2D eigenvalue weighted by Gasteiger charge is 2.44. The fourth-order valence-electron chi connectivity index (χ4n) is 3.51. The van der Waals surface area contributed by atoms with Crippen molar-refractivity contribution in [1.82, 2.24) is 9.88 Å². The molecule has 4 amide bonds. The molecule has 3 aromatic rings. The number of hydrogen-bond acceptors (Lipinski definition) is 8. The van der Waals surface area contributed by atoms with Crippen LogP contribution in [0.5, 0.6) is 0 Å². The SMILES string of the molecule is CC(=O)Nc1ccc(-c2csc(NC(=O)C(C)N3C(=O)c4cccc([N+](=O)[O-])c4C3=O)n2)cc1. The predicted octanol–water partition coefficient (Wildman–Crippen LogP) is 3.30. The van der Waals surface area contributed by atoms with Gasteiger partial charge in [0.25, 0.3) is 17.5 Å². The number of nitro groups is 1. The Balaban J connectivity index is 1.49. The molecule has 2 heterocycles. The molecule has 0 saturated carbocycles. The van der Waals surface area contributed by atoms with E-state index in [9.17, 15) is 29.3 Å². The van der Waals surface area contributed by atoms with Gasteiger partial charge in [-0.25, -0.2) is 4.98 Å². The summed E-state index contributed by atoms with van der Waals surface area (Å²) < 4.78 is 0. The summed E-state index contributed by atoms with van der Waals surface area (Å²) in [5, 5.41) is 18.5. The van der Waals surface area contributed by atoms with Crippen LogP contribution < -0.4 is 10.6 Å². The van der Waals surface area contributed by atoms with Gasteiger partial charge >= 0.3 is 0 Å². The average molecular weight is 479 g/mol. The molecule has 0 aliphatic carbocycles. The number of benzene rings is 2. The monoisotopic (exact) mass is 479 g/mol. The Morgan fingerprint density at radius 2 is 1.79 bits per heavy atom. The van der Waals surface area contributed by atoms with Gasteiger partial charge in [0.15, 0.2) is 5.13 Å². The highest BCUT2D eigenvalue weighted by Crippen LogP contribution is 2.32. The summed E-state index contributed by atoms with van der Waals surface area (Å²) in [5.74, 6) is -2.52. The van der Waals surface area contributed by atoms with Gasteiger partial charge in [-0.2, -0.15) is 0 Å². The van der Waals surface area contributed by atoms with Gasteiger partial charge in [0.05, 0.1) is 16.2 Å². The van der Waals surface area contributed by atoms with Gasteiger partial charge in [0.1, 0.15) is 11.6 Å². The van der Waals surface area contributed by atoms with E-state index < -0.39 is 34.4 Å². The quantitative estimate of drug-likeness (QED) is 0.313. The minimum atomic E-state index is -1.23. The van der Waals surface area contributed by atoms with E-state index in [1.54, 1.807) is 29.6 Å². The maximum absolute atomic E-state index is 12.8. The smallest absolute Gasteiger partial charge is 0.282 e. The Kier molecular flexibility index (Phi) is 5.90. The van der Waals surface area contributed by atoms with Crippen molar-refractivity contribution in [2.45, 2.75) is 19.9 Å². The summed E-state index contributed by atoms with van der Waals surface area (Å²) in [4.78, 5) is 65.0. The van der Waals surface area contributed by atoms with E-state index in [4.69, 9.17) is 0 Å². The molecule has 0 saturated heterocycles. The van der Waals surface area contributed by atoms with Gasteiger partial charge in [-0.15, -0.1) is 11.3 Å². The number of thiazole rings is 1. The predicted molar refractivity (Wildman–Crippen MR) is 124 cm³/mol. The molecule has 12 heteroatoms. The second-order valence-corrected chi connectivity index (χ2v) is 8.26. The molecule has 1 unspecified atom stereocenters. The minimum absolute atomic E-state index is 0.113. The first-order chi connectivity index (χ1) is 16.2. The first kappa shape index (κ1) is 22.7. The molecule has 1 aliphatic heterocycles. The lowest BCUT2D eigenvalue weighted by atomic mass is 10.1. The number of rotatable bonds is 6. The van der Waals surface area contributed by atoms with Gasteiger partial charge in [0, 0.05) is 29.6 Å². The number of aromatic nitrogens is 1. The van der Waals surface area contributed by atoms with Crippen LogP contribution in [0.3, 0.4) is 0 Å². The third-order valence-electron chi connectivity index (χ3n) is 5.12. The van der Waals surface area contributed by atoms with Crippen molar-refractivity contribution in [2.24, 2.45) is 0 Å². The van der Waals surface area contributed by atoms with E-state index in [0.29, 0.717) is 16.3 Å². The first-order valence-corrected chi connectivity index (χ1v) is 10.8. The number of nitro benzene ring substituents is 1. The lowest BCUT2D eigenvalue weighted by Gasteiger charge is -2.20. The average Bonchev–Trinajstić information content (AvgIpc) is 3.36. The Morgan fingerprint density at radius 3 is 2.44 bits per heavy atom. The number of nitrogens with one attached hydrogen (secondary N) is 2. The van der Waals surface area contributed by atoms with Crippen molar-refractivity contribution in [1.29, 1.82) is 0 Å². The third-order valence-corrected chi connectivity index (χ3v) is 5.88. The molecule has 1 atom stereocenters. The fraction of sp³-hybridized carbons (Fsp3) is 0.136. The number of carbonyl (C=O) groups is 4. The van der Waals surface area contributed by atoms with Crippen LogP contribution >= 0.6 is 11.3 Å². The Hall–Kier alpha value is -4.45. The van der Waals surface area contributed by atoms with Crippen molar-refractivity contribution < 1.29 is 24.1 Å². The zero-order valence-electron chi connectivity index (χ0n) is 17.9. The molecule has 2 N–H and O–H groups in total. The second-order valence-electron chi connectivity index (χ2n) is 7.40. The van der Waals surface area contributed by atoms with Crippen molar-refractivity contribution in [3.8, 4) is 11.3 Å². The van der Waals surface area contributed by atoms with Crippen LogP contribution in [0, 0.1) is 10.1 Å². The lowest BCUT2D eigenvalue weighted by Crippen LogP contribution is -2.45. The zero-order chi connectivity index (χ0) is 24.6. The third kappa shape index (κ3) is 4.13. The van der Waals surface area contributed by atoms with Crippen LogP contribution in [-0.4, -0.2) is 44.5 Å². The van der Waals surface area contributed by atoms with Crippen LogP contribution in [0.25, 0.3) is 11.3 Å². The molecule has 34 heavy (non-hydrogen) atoms. The Labute approximate surface area is 196 Å².